The van der Waals surface area contributed by atoms with Crippen molar-refractivity contribution in [2.24, 2.45) is 0 Å². The average molecular weight is 271 g/mol. The fourth-order valence-corrected chi connectivity index (χ4v) is 1.69. The van der Waals surface area contributed by atoms with Crippen molar-refractivity contribution in [1.82, 2.24) is 5.32 Å². The lowest BCUT2D eigenvalue weighted by molar-refractivity contribution is -0.116. The summed E-state index contributed by atoms with van der Waals surface area (Å²) < 4.78 is 10.4. The van der Waals surface area contributed by atoms with Gasteiger partial charge in [-0.2, -0.15) is 0 Å². The molecule has 1 aromatic heterocycles. The van der Waals surface area contributed by atoms with Gasteiger partial charge in [0, 0.05) is 12.6 Å². The molecule has 1 amide bonds. The molecule has 1 N–H and O–H groups in total. The summed E-state index contributed by atoms with van der Waals surface area (Å²) in [5, 5.41) is 2.81. The molecule has 0 unspecified atom stereocenters. The van der Waals surface area contributed by atoms with Gasteiger partial charge in [-0.15, -0.1) is 0 Å². The minimum Gasteiger partial charge on any atom is -0.497 e. The van der Waals surface area contributed by atoms with E-state index in [-0.39, 0.29) is 5.91 Å². The molecule has 0 saturated carbocycles. The van der Waals surface area contributed by atoms with Crippen LogP contribution >= 0.6 is 0 Å². The summed E-state index contributed by atoms with van der Waals surface area (Å²) in [4.78, 5) is 11.7. The van der Waals surface area contributed by atoms with Crippen LogP contribution in [0.5, 0.6) is 5.75 Å². The summed E-state index contributed by atoms with van der Waals surface area (Å²) in [5.74, 6) is 2.13. The lowest BCUT2D eigenvalue weighted by Gasteiger charge is -2.04. The second-order valence-corrected chi connectivity index (χ2v) is 4.35. The first kappa shape index (κ1) is 13.9. The van der Waals surface area contributed by atoms with Crippen molar-refractivity contribution < 1.29 is 13.9 Å². The van der Waals surface area contributed by atoms with Crippen LogP contribution in [0.3, 0.4) is 0 Å². The maximum atomic E-state index is 11.7. The van der Waals surface area contributed by atoms with Crippen LogP contribution in [0.25, 0.3) is 6.08 Å². The fourth-order valence-electron chi connectivity index (χ4n) is 1.69. The lowest BCUT2D eigenvalue weighted by atomic mass is 10.2. The summed E-state index contributed by atoms with van der Waals surface area (Å²) in [6.07, 6.45) is 3.11. The Morgan fingerprint density at radius 3 is 2.60 bits per heavy atom. The van der Waals surface area contributed by atoms with Crippen LogP contribution < -0.4 is 10.1 Å². The highest BCUT2D eigenvalue weighted by Gasteiger charge is 1.99. The third-order valence-corrected chi connectivity index (χ3v) is 2.79. The SMILES string of the molecule is COc1ccc(CNC(=O)/C=C/c2ccc(C)o2)cc1. The molecule has 4 nitrogen and oxygen atoms in total. The van der Waals surface area contributed by atoms with Crippen LogP contribution in [0.15, 0.2) is 46.9 Å². The van der Waals surface area contributed by atoms with Gasteiger partial charge in [-0.05, 0) is 42.8 Å². The number of hydrogen-bond donors (Lipinski definition) is 1. The summed E-state index contributed by atoms with van der Waals surface area (Å²) >= 11 is 0. The van der Waals surface area contributed by atoms with E-state index in [0.717, 1.165) is 17.1 Å². The largest absolute Gasteiger partial charge is 0.497 e. The second kappa shape index (κ2) is 6.61. The van der Waals surface area contributed by atoms with E-state index in [1.54, 1.807) is 13.2 Å². The number of hydrogen-bond acceptors (Lipinski definition) is 3. The zero-order chi connectivity index (χ0) is 14.4. The van der Waals surface area contributed by atoms with E-state index in [2.05, 4.69) is 5.32 Å². The number of rotatable bonds is 5. The number of aryl methyl sites for hydroxylation is 1. The Kier molecular flexibility index (Phi) is 4.60. The first-order valence-electron chi connectivity index (χ1n) is 6.32. The van der Waals surface area contributed by atoms with Crippen molar-refractivity contribution in [1.29, 1.82) is 0 Å². The molecular formula is C16H17NO3. The van der Waals surface area contributed by atoms with Crippen molar-refractivity contribution >= 4 is 12.0 Å². The first-order chi connectivity index (χ1) is 9.67. The first-order valence-corrected chi connectivity index (χ1v) is 6.32. The number of furan rings is 1. The normalized spacial score (nSPS) is 10.7. The second-order valence-electron chi connectivity index (χ2n) is 4.35. The molecule has 0 aliphatic carbocycles. The molecule has 0 atom stereocenters. The minimum atomic E-state index is -0.158. The Labute approximate surface area is 118 Å². The highest BCUT2D eigenvalue weighted by Crippen LogP contribution is 2.11. The van der Waals surface area contributed by atoms with Gasteiger partial charge < -0.3 is 14.5 Å². The molecule has 0 saturated heterocycles. The molecule has 0 fully saturated rings. The van der Waals surface area contributed by atoms with E-state index >= 15 is 0 Å². The smallest absolute Gasteiger partial charge is 0.244 e. The number of carbonyl (C=O) groups is 1. The van der Waals surface area contributed by atoms with Crippen molar-refractivity contribution in [2.45, 2.75) is 13.5 Å². The Hall–Kier alpha value is -2.49. The molecule has 2 rings (SSSR count). The maximum absolute atomic E-state index is 11.7. The molecule has 0 aliphatic heterocycles. The van der Waals surface area contributed by atoms with Crippen LogP contribution in [0.2, 0.25) is 0 Å². The zero-order valence-electron chi connectivity index (χ0n) is 11.6. The molecule has 1 aromatic carbocycles. The molecular weight excluding hydrogens is 254 g/mol. The van der Waals surface area contributed by atoms with Gasteiger partial charge in [0.1, 0.15) is 17.3 Å². The summed E-state index contributed by atoms with van der Waals surface area (Å²) in [6, 6.07) is 11.2. The quantitative estimate of drug-likeness (QED) is 0.851. The minimum absolute atomic E-state index is 0.158. The average Bonchev–Trinajstić information content (AvgIpc) is 2.89. The Bertz CT molecular complexity index is 596. The van der Waals surface area contributed by atoms with E-state index in [9.17, 15) is 4.79 Å². The van der Waals surface area contributed by atoms with Crippen molar-refractivity contribution in [3.8, 4) is 5.75 Å². The van der Waals surface area contributed by atoms with Gasteiger partial charge in [-0.25, -0.2) is 0 Å². The molecule has 20 heavy (non-hydrogen) atoms. The molecule has 1 heterocycles. The van der Waals surface area contributed by atoms with Crippen LogP contribution in [0, 0.1) is 6.92 Å². The number of nitrogens with one attached hydrogen (secondary N) is 1. The number of benzene rings is 1. The van der Waals surface area contributed by atoms with E-state index in [4.69, 9.17) is 9.15 Å². The van der Waals surface area contributed by atoms with Crippen molar-refractivity contribution in [3.05, 3.63) is 59.6 Å². The Morgan fingerprint density at radius 2 is 2.00 bits per heavy atom. The summed E-state index contributed by atoms with van der Waals surface area (Å²) in [6.45, 7) is 2.34. The molecule has 4 heteroatoms. The third kappa shape index (κ3) is 4.02. The summed E-state index contributed by atoms with van der Waals surface area (Å²) in [7, 11) is 1.62. The van der Waals surface area contributed by atoms with Crippen molar-refractivity contribution in [3.63, 3.8) is 0 Å². The Balaban J connectivity index is 1.83. The van der Waals surface area contributed by atoms with E-state index < -0.39 is 0 Å². The van der Waals surface area contributed by atoms with Crippen LogP contribution in [-0.2, 0) is 11.3 Å². The fraction of sp³-hybridized carbons (Fsp3) is 0.188. The van der Waals surface area contributed by atoms with Crippen LogP contribution in [-0.4, -0.2) is 13.0 Å². The zero-order valence-corrected chi connectivity index (χ0v) is 11.6. The van der Waals surface area contributed by atoms with Gasteiger partial charge in [0.05, 0.1) is 7.11 Å². The van der Waals surface area contributed by atoms with Gasteiger partial charge >= 0.3 is 0 Å². The number of ether oxygens (including phenoxy) is 1. The van der Waals surface area contributed by atoms with E-state index in [1.807, 2.05) is 43.3 Å². The monoisotopic (exact) mass is 271 g/mol. The van der Waals surface area contributed by atoms with Gasteiger partial charge in [0.15, 0.2) is 0 Å². The molecule has 0 bridgehead atoms. The van der Waals surface area contributed by atoms with Crippen molar-refractivity contribution in [2.75, 3.05) is 7.11 Å². The highest BCUT2D eigenvalue weighted by atomic mass is 16.5. The maximum Gasteiger partial charge on any atom is 0.244 e. The van der Waals surface area contributed by atoms with Gasteiger partial charge in [0.25, 0.3) is 0 Å². The standard InChI is InChI=1S/C16H17NO3/c1-12-3-6-15(20-12)9-10-16(18)17-11-13-4-7-14(19-2)8-5-13/h3-10H,11H2,1-2H3,(H,17,18)/b10-9+. The number of methoxy groups -OCH3 is 1. The molecule has 0 aliphatic rings. The number of carbonyl (C=O) groups excluding carboxylic acids is 1. The predicted molar refractivity (Wildman–Crippen MR) is 77.3 cm³/mol. The van der Waals surface area contributed by atoms with Gasteiger partial charge in [-0.1, -0.05) is 12.1 Å². The highest BCUT2D eigenvalue weighted by molar-refractivity contribution is 5.91. The lowest BCUT2D eigenvalue weighted by Crippen LogP contribution is -2.20. The van der Waals surface area contributed by atoms with Crippen LogP contribution in [0.4, 0.5) is 0 Å². The van der Waals surface area contributed by atoms with Gasteiger partial charge in [-0.3, -0.25) is 4.79 Å². The molecule has 0 radical (unpaired) electrons. The number of amides is 1. The third-order valence-electron chi connectivity index (χ3n) is 2.79. The molecule has 104 valence electrons. The van der Waals surface area contributed by atoms with E-state index in [1.165, 1.54) is 6.08 Å². The molecule has 2 aromatic rings. The van der Waals surface area contributed by atoms with Gasteiger partial charge in [0.2, 0.25) is 5.91 Å². The Morgan fingerprint density at radius 1 is 1.25 bits per heavy atom. The topological polar surface area (TPSA) is 51.5 Å². The van der Waals surface area contributed by atoms with Crippen LogP contribution in [0.1, 0.15) is 17.1 Å². The summed E-state index contributed by atoms with van der Waals surface area (Å²) in [5.41, 5.74) is 1.02. The molecule has 0 spiro atoms. The van der Waals surface area contributed by atoms with E-state index in [0.29, 0.717) is 12.3 Å². The predicted octanol–water partition coefficient (Wildman–Crippen LogP) is 2.93.